The lowest BCUT2D eigenvalue weighted by Gasteiger charge is -2.31. The van der Waals surface area contributed by atoms with Gasteiger partial charge in [-0.1, -0.05) is 48.5 Å². The monoisotopic (exact) mass is 319 g/mol. The van der Waals surface area contributed by atoms with Crippen LogP contribution in [0.1, 0.15) is 11.1 Å². The number of anilines is 3. The average Bonchev–Trinajstić information content (AvgIpc) is 2.93. The normalized spacial score (nSPS) is 14.0. The standard InChI is InChI=1S/C20H18FN3/c21-17-11-10-16-14-23(13-15-6-2-1-3-7-15)24(20(16)12-17)19-9-5-4-8-18(19)22/h1-12H,13-14,22H2. The summed E-state index contributed by atoms with van der Waals surface area (Å²) in [6.45, 7) is 1.45. The van der Waals surface area contributed by atoms with Gasteiger partial charge in [-0.25, -0.2) is 9.40 Å². The van der Waals surface area contributed by atoms with E-state index < -0.39 is 0 Å². The number of halogens is 1. The van der Waals surface area contributed by atoms with Gasteiger partial charge in [0.05, 0.1) is 17.1 Å². The summed E-state index contributed by atoms with van der Waals surface area (Å²) in [5.41, 5.74) is 10.9. The number of nitrogens with zero attached hydrogens (tertiary/aromatic N) is 2. The molecule has 4 rings (SSSR count). The first-order valence-electron chi connectivity index (χ1n) is 7.94. The second-order valence-corrected chi connectivity index (χ2v) is 5.95. The number of nitrogen functional groups attached to an aromatic ring is 1. The lowest BCUT2D eigenvalue weighted by atomic mass is 10.1. The van der Waals surface area contributed by atoms with Crippen molar-refractivity contribution in [1.82, 2.24) is 5.01 Å². The van der Waals surface area contributed by atoms with Gasteiger partial charge in [-0.3, -0.25) is 5.01 Å². The van der Waals surface area contributed by atoms with E-state index in [-0.39, 0.29) is 5.82 Å². The molecule has 1 aliphatic heterocycles. The van der Waals surface area contributed by atoms with Crippen LogP contribution in [-0.2, 0) is 13.1 Å². The highest BCUT2D eigenvalue weighted by Gasteiger charge is 2.30. The molecule has 2 N–H and O–H groups in total. The number of benzene rings is 3. The van der Waals surface area contributed by atoms with E-state index in [1.54, 1.807) is 6.07 Å². The Bertz CT molecular complexity index is 864. The molecule has 120 valence electrons. The molecule has 0 aromatic heterocycles. The first-order valence-corrected chi connectivity index (χ1v) is 7.94. The van der Waals surface area contributed by atoms with Crippen LogP contribution in [0.5, 0.6) is 0 Å². The van der Waals surface area contributed by atoms with Crippen molar-refractivity contribution in [2.45, 2.75) is 13.1 Å². The smallest absolute Gasteiger partial charge is 0.125 e. The summed E-state index contributed by atoms with van der Waals surface area (Å²) < 4.78 is 13.8. The maximum atomic E-state index is 13.8. The molecular formula is C20H18FN3. The molecule has 0 aliphatic carbocycles. The molecule has 0 amide bonds. The van der Waals surface area contributed by atoms with E-state index in [4.69, 9.17) is 5.73 Å². The van der Waals surface area contributed by atoms with Crippen LogP contribution in [0.15, 0.2) is 72.8 Å². The zero-order valence-corrected chi connectivity index (χ0v) is 13.2. The van der Waals surface area contributed by atoms with Gasteiger partial charge in [-0.2, -0.15) is 0 Å². The zero-order chi connectivity index (χ0) is 16.5. The summed E-state index contributed by atoms with van der Waals surface area (Å²) >= 11 is 0. The first kappa shape index (κ1) is 14.7. The SMILES string of the molecule is Nc1ccccc1N1c2cc(F)ccc2CN1Cc1ccccc1. The number of hydrogen-bond donors (Lipinski definition) is 1. The Morgan fingerprint density at radius 1 is 0.875 bits per heavy atom. The lowest BCUT2D eigenvalue weighted by molar-refractivity contribution is 0.284. The van der Waals surface area contributed by atoms with Crippen molar-refractivity contribution in [3.63, 3.8) is 0 Å². The Labute approximate surface area is 140 Å². The minimum absolute atomic E-state index is 0.241. The minimum atomic E-state index is -0.241. The second-order valence-electron chi connectivity index (χ2n) is 5.95. The number of rotatable bonds is 3. The fraction of sp³-hybridized carbons (Fsp3) is 0.100. The third kappa shape index (κ3) is 2.61. The van der Waals surface area contributed by atoms with E-state index in [9.17, 15) is 4.39 Å². The van der Waals surface area contributed by atoms with Crippen molar-refractivity contribution in [2.75, 3.05) is 10.7 Å². The van der Waals surface area contributed by atoms with Crippen molar-refractivity contribution < 1.29 is 4.39 Å². The molecule has 1 heterocycles. The van der Waals surface area contributed by atoms with E-state index in [0.29, 0.717) is 5.69 Å². The number of nitrogens with two attached hydrogens (primary N) is 1. The minimum Gasteiger partial charge on any atom is -0.397 e. The van der Waals surface area contributed by atoms with Crippen LogP contribution in [0.25, 0.3) is 0 Å². The third-order valence-corrected chi connectivity index (χ3v) is 4.28. The second kappa shape index (κ2) is 5.98. The van der Waals surface area contributed by atoms with Crippen LogP contribution >= 0.6 is 0 Å². The van der Waals surface area contributed by atoms with E-state index in [2.05, 4.69) is 17.1 Å². The van der Waals surface area contributed by atoms with Gasteiger partial charge in [0, 0.05) is 13.1 Å². The molecule has 0 bridgehead atoms. The zero-order valence-electron chi connectivity index (χ0n) is 13.2. The summed E-state index contributed by atoms with van der Waals surface area (Å²) in [5.74, 6) is -0.241. The molecule has 0 saturated heterocycles. The first-order chi connectivity index (χ1) is 11.7. The Kier molecular flexibility index (Phi) is 3.67. The molecular weight excluding hydrogens is 301 g/mol. The van der Waals surface area contributed by atoms with Gasteiger partial charge in [-0.05, 0) is 35.4 Å². The predicted octanol–water partition coefficient (Wildman–Crippen LogP) is 4.48. The third-order valence-electron chi connectivity index (χ3n) is 4.28. The van der Waals surface area contributed by atoms with Gasteiger partial charge in [0.1, 0.15) is 5.82 Å². The molecule has 0 radical (unpaired) electrons. The molecule has 0 saturated carbocycles. The van der Waals surface area contributed by atoms with E-state index in [1.807, 2.05) is 53.5 Å². The lowest BCUT2D eigenvalue weighted by Crippen LogP contribution is -2.33. The molecule has 0 spiro atoms. The van der Waals surface area contributed by atoms with E-state index >= 15 is 0 Å². The Hall–Kier alpha value is -2.85. The summed E-state index contributed by atoms with van der Waals surface area (Å²) in [4.78, 5) is 0. The molecule has 0 fully saturated rings. The highest BCUT2D eigenvalue weighted by molar-refractivity contribution is 5.77. The maximum Gasteiger partial charge on any atom is 0.125 e. The Balaban J connectivity index is 1.78. The summed E-state index contributed by atoms with van der Waals surface area (Å²) in [6.07, 6.45) is 0. The van der Waals surface area contributed by atoms with Crippen LogP contribution in [-0.4, -0.2) is 5.01 Å². The molecule has 0 atom stereocenters. The fourth-order valence-corrected chi connectivity index (χ4v) is 3.17. The van der Waals surface area contributed by atoms with Crippen LogP contribution in [0.4, 0.5) is 21.5 Å². The van der Waals surface area contributed by atoms with E-state index in [0.717, 1.165) is 30.0 Å². The number of para-hydroxylation sites is 2. The molecule has 0 unspecified atom stereocenters. The summed E-state index contributed by atoms with van der Waals surface area (Å²) in [6, 6.07) is 22.9. The van der Waals surface area contributed by atoms with Crippen LogP contribution in [0, 0.1) is 5.82 Å². The molecule has 24 heavy (non-hydrogen) atoms. The van der Waals surface area contributed by atoms with Crippen molar-refractivity contribution in [2.24, 2.45) is 0 Å². The molecule has 3 aromatic carbocycles. The summed E-state index contributed by atoms with van der Waals surface area (Å²) in [7, 11) is 0. The Morgan fingerprint density at radius 2 is 1.62 bits per heavy atom. The van der Waals surface area contributed by atoms with E-state index in [1.165, 1.54) is 11.6 Å². The fourth-order valence-electron chi connectivity index (χ4n) is 3.17. The van der Waals surface area contributed by atoms with Crippen molar-refractivity contribution >= 4 is 17.1 Å². The predicted molar refractivity (Wildman–Crippen MR) is 95.1 cm³/mol. The number of hydrazine groups is 1. The topological polar surface area (TPSA) is 32.5 Å². The Morgan fingerprint density at radius 3 is 2.42 bits per heavy atom. The summed E-state index contributed by atoms with van der Waals surface area (Å²) in [5, 5.41) is 4.21. The average molecular weight is 319 g/mol. The van der Waals surface area contributed by atoms with Gasteiger partial charge in [0.25, 0.3) is 0 Å². The molecule has 3 aromatic rings. The van der Waals surface area contributed by atoms with Gasteiger partial charge < -0.3 is 5.73 Å². The van der Waals surface area contributed by atoms with Gasteiger partial charge in [0.2, 0.25) is 0 Å². The van der Waals surface area contributed by atoms with Crippen molar-refractivity contribution in [3.8, 4) is 0 Å². The van der Waals surface area contributed by atoms with Crippen LogP contribution in [0.3, 0.4) is 0 Å². The van der Waals surface area contributed by atoms with Crippen molar-refractivity contribution in [1.29, 1.82) is 0 Å². The van der Waals surface area contributed by atoms with Crippen LogP contribution < -0.4 is 10.7 Å². The molecule has 3 nitrogen and oxygen atoms in total. The van der Waals surface area contributed by atoms with Gasteiger partial charge in [0.15, 0.2) is 0 Å². The highest BCUT2D eigenvalue weighted by Crippen LogP contribution is 2.40. The quantitative estimate of drug-likeness (QED) is 0.723. The highest BCUT2D eigenvalue weighted by atomic mass is 19.1. The number of fused-ring (bicyclic) bond motifs is 1. The maximum absolute atomic E-state index is 13.8. The van der Waals surface area contributed by atoms with Gasteiger partial charge in [-0.15, -0.1) is 0 Å². The number of hydrogen-bond acceptors (Lipinski definition) is 3. The van der Waals surface area contributed by atoms with Crippen LogP contribution in [0.2, 0.25) is 0 Å². The van der Waals surface area contributed by atoms with Crippen molar-refractivity contribution in [3.05, 3.63) is 89.7 Å². The molecule has 4 heteroatoms. The largest absolute Gasteiger partial charge is 0.397 e. The molecule has 1 aliphatic rings. The van der Waals surface area contributed by atoms with Gasteiger partial charge >= 0.3 is 0 Å².